The molecule has 3 aromatic carbocycles. The molecular weight excluding hydrogens is 478 g/mol. The first-order valence-electron chi connectivity index (χ1n) is 12.7. The number of benzene rings is 3. The average molecular weight is 512 g/mol. The largest absolute Gasteiger partial charge is 0.495 e. The van der Waals surface area contributed by atoms with Crippen LogP contribution in [0.15, 0.2) is 72.8 Å². The molecule has 0 fully saturated rings. The van der Waals surface area contributed by atoms with E-state index in [0.29, 0.717) is 23.3 Å². The third-order valence-electron chi connectivity index (χ3n) is 5.98. The van der Waals surface area contributed by atoms with Crippen molar-refractivity contribution < 1.29 is 9.53 Å². The molecule has 9 nitrogen and oxygen atoms in total. The molecule has 4 rings (SSSR count). The molecule has 0 saturated heterocycles. The first kappa shape index (κ1) is 26.4. The fourth-order valence-corrected chi connectivity index (χ4v) is 3.71. The maximum atomic E-state index is 12.9. The van der Waals surface area contributed by atoms with Crippen molar-refractivity contribution >= 4 is 40.8 Å². The number of methoxy groups -OCH3 is 1. The number of para-hydroxylation sites is 2. The smallest absolute Gasteiger partial charge is 0.246 e. The molecule has 1 amide bonds. The van der Waals surface area contributed by atoms with Crippen molar-refractivity contribution in [2.24, 2.45) is 0 Å². The first-order chi connectivity index (χ1) is 18.5. The van der Waals surface area contributed by atoms with Crippen LogP contribution in [0, 0.1) is 0 Å². The van der Waals surface area contributed by atoms with E-state index in [1.807, 2.05) is 36.4 Å². The van der Waals surface area contributed by atoms with Gasteiger partial charge in [-0.2, -0.15) is 15.0 Å². The summed E-state index contributed by atoms with van der Waals surface area (Å²) in [5.41, 5.74) is 4.75. The van der Waals surface area contributed by atoms with E-state index in [2.05, 4.69) is 74.3 Å². The number of carbonyl (C=O) groups is 1. The lowest BCUT2D eigenvalue weighted by atomic mass is 10.1. The second kappa shape index (κ2) is 12.5. The summed E-state index contributed by atoms with van der Waals surface area (Å²) in [4.78, 5) is 26.5. The van der Waals surface area contributed by atoms with E-state index < -0.39 is 6.04 Å². The van der Waals surface area contributed by atoms with Crippen LogP contribution in [0.3, 0.4) is 0 Å². The molecule has 0 radical (unpaired) electrons. The Morgan fingerprint density at radius 1 is 0.763 bits per heavy atom. The molecule has 0 bridgehead atoms. The van der Waals surface area contributed by atoms with Gasteiger partial charge in [0.05, 0.1) is 12.8 Å². The van der Waals surface area contributed by atoms with Crippen LogP contribution < -0.4 is 26.0 Å². The summed E-state index contributed by atoms with van der Waals surface area (Å²) >= 11 is 0. The van der Waals surface area contributed by atoms with Gasteiger partial charge in [0.25, 0.3) is 0 Å². The van der Waals surface area contributed by atoms with Gasteiger partial charge in [-0.1, -0.05) is 50.2 Å². The maximum absolute atomic E-state index is 12.9. The molecular formula is C29H33N7O2. The van der Waals surface area contributed by atoms with E-state index in [-0.39, 0.29) is 11.9 Å². The number of amides is 1. The summed E-state index contributed by atoms with van der Waals surface area (Å²) < 4.78 is 5.33. The normalized spacial score (nSPS) is 11.4. The number of hydrogen-bond acceptors (Lipinski definition) is 8. The summed E-state index contributed by atoms with van der Waals surface area (Å²) in [7, 11) is 1.56. The van der Waals surface area contributed by atoms with Gasteiger partial charge in [0, 0.05) is 11.4 Å². The van der Waals surface area contributed by atoms with Crippen molar-refractivity contribution in [1.82, 2.24) is 15.0 Å². The minimum Gasteiger partial charge on any atom is -0.495 e. The van der Waals surface area contributed by atoms with E-state index in [9.17, 15) is 4.79 Å². The molecule has 4 aromatic rings. The quantitative estimate of drug-likeness (QED) is 0.196. The van der Waals surface area contributed by atoms with Crippen LogP contribution in [0.1, 0.15) is 31.9 Å². The molecule has 9 heteroatoms. The Morgan fingerprint density at radius 2 is 1.26 bits per heavy atom. The van der Waals surface area contributed by atoms with Crippen LogP contribution in [0.4, 0.5) is 34.9 Å². The molecule has 0 spiro atoms. The molecule has 0 aliphatic rings. The highest BCUT2D eigenvalue weighted by Crippen LogP contribution is 2.24. The van der Waals surface area contributed by atoms with Crippen molar-refractivity contribution in [3.63, 3.8) is 0 Å². The van der Waals surface area contributed by atoms with Gasteiger partial charge >= 0.3 is 0 Å². The molecule has 196 valence electrons. The predicted molar refractivity (Wildman–Crippen MR) is 153 cm³/mol. The summed E-state index contributed by atoms with van der Waals surface area (Å²) in [5.74, 6) is 1.26. The minimum atomic E-state index is -0.643. The van der Waals surface area contributed by atoms with Gasteiger partial charge < -0.3 is 26.0 Å². The zero-order chi connectivity index (χ0) is 26.9. The molecule has 1 aromatic heterocycles. The lowest BCUT2D eigenvalue weighted by Gasteiger charge is -2.17. The lowest BCUT2D eigenvalue weighted by Crippen LogP contribution is -2.32. The maximum Gasteiger partial charge on any atom is 0.246 e. The molecule has 38 heavy (non-hydrogen) atoms. The first-order valence-corrected chi connectivity index (χ1v) is 12.7. The minimum absolute atomic E-state index is 0.253. The second-order valence-corrected chi connectivity index (χ2v) is 8.71. The Balaban J connectivity index is 1.56. The van der Waals surface area contributed by atoms with Crippen LogP contribution in [0.2, 0.25) is 0 Å². The summed E-state index contributed by atoms with van der Waals surface area (Å²) in [5, 5.41) is 12.5. The monoisotopic (exact) mass is 511 g/mol. The number of nitrogens with one attached hydrogen (secondary N) is 4. The molecule has 0 unspecified atom stereocenters. The third-order valence-corrected chi connectivity index (χ3v) is 5.98. The molecule has 0 saturated carbocycles. The Morgan fingerprint density at radius 3 is 1.76 bits per heavy atom. The van der Waals surface area contributed by atoms with Crippen molar-refractivity contribution in [2.45, 2.75) is 39.7 Å². The Hall–Kier alpha value is -4.66. The van der Waals surface area contributed by atoms with Gasteiger partial charge in [0.1, 0.15) is 11.8 Å². The van der Waals surface area contributed by atoms with Crippen molar-refractivity contribution in [3.8, 4) is 5.75 Å². The van der Waals surface area contributed by atoms with Crippen molar-refractivity contribution in [2.75, 3.05) is 28.4 Å². The van der Waals surface area contributed by atoms with E-state index in [1.54, 1.807) is 26.2 Å². The molecule has 4 N–H and O–H groups in total. The van der Waals surface area contributed by atoms with Gasteiger partial charge in [-0.3, -0.25) is 4.79 Å². The second-order valence-electron chi connectivity index (χ2n) is 8.71. The van der Waals surface area contributed by atoms with Crippen LogP contribution in [0.25, 0.3) is 0 Å². The average Bonchev–Trinajstić information content (AvgIpc) is 2.94. The molecule has 1 heterocycles. The number of aryl methyl sites for hydroxylation is 2. The Labute approximate surface area is 223 Å². The highest BCUT2D eigenvalue weighted by atomic mass is 16.5. The number of anilines is 6. The van der Waals surface area contributed by atoms with Crippen molar-refractivity contribution in [3.05, 3.63) is 83.9 Å². The number of nitrogens with zero attached hydrogens (tertiary/aromatic N) is 3. The summed E-state index contributed by atoms with van der Waals surface area (Å²) in [6, 6.07) is 22.8. The van der Waals surface area contributed by atoms with E-state index in [4.69, 9.17) is 4.74 Å². The van der Waals surface area contributed by atoms with Crippen LogP contribution in [-0.4, -0.2) is 34.0 Å². The molecule has 0 aliphatic carbocycles. The fraction of sp³-hybridized carbons (Fsp3) is 0.241. The van der Waals surface area contributed by atoms with E-state index in [1.165, 1.54) is 11.1 Å². The Kier molecular flexibility index (Phi) is 8.71. The highest BCUT2D eigenvalue weighted by Gasteiger charge is 2.17. The van der Waals surface area contributed by atoms with Crippen molar-refractivity contribution in [1.29, 1.82) is 0 Å². The molecule has 1 atom stereocenters. The lowest BCUT2D eigenvalue weighted by molar-refractivity contribution is -0.116. The molecule has 0 aliphatic heterocycles. The Bertz CT molecular complexity index is 1290. The van der Waals surface area contributed by atoms with E-state index in [0.717, 1.165) is 24.2 Å². The van der Waals surface area contributed by atoms with Gasteiger partial charge in [0.15, 0.2) is 0 Å². The number of aromatic nitrogens is 3. The number of ether oxygens (including phenoxy) is 1. The van der Waals surface area contributed by atoms with Gasteiger partial charge in [-0.15, -0.1) is 0 Å². The van der Waals surface area contributed by atoms with Gasteiger partial charge in [0.2, 0.25) is 23.8 Å². The van der Waals surface area contributed by atoms with Crippen LogP contribution in [0.5, 0.6) is 5.75 Å². The summed E-state index contributed by atoms with van der Waals surface area (Å²) in [6.45, 7) is 5.97. The van der Waals surface area contributed by atoms with Gasteiger partial charge in [-0.25, -0.2) is 0 Å². The third kappa shape index (κ3) is 6.97. The highest BCUT2D eigenvalue weighted by molar-refractivity contribution is 5.97. The van der Waals surface area contributed by atoms with Crippen LogP contribution in [-0.2, 0) is 17.6 Å². The standard InChI is InChI=1S/C29H33N7O2/c1-5-20-11-15-22(16-12-20)31-28-34-27(35-29(36-28)32-23-17-13-21(6-2)14-18-23)30-19(3)26(37)33-24-9-7-8-10-25(24)38-4/h7-19H,5-6H2,1-4H3,(H,33,37)(H3,30,31,32,34,35,36)/t19-/m0/s1. The summed E-state index contributed by atoms with van der Waals surface area (Å²) in [6.07, 6.45) is 1.92. The number of hydrogen-bond donors (Lipinski definition) is 4. The SMILES string of the molecule is CCc1ccc(Nc2nc(Nc3ccc(CC)cc3)nc(N[C@@H](C)C(=O)Nc3ccccc3OC)n2)cc1. The predicted octanol–water partition coefficient (Wildman–Crippen LogP) is 5.93. The van der Waals surface area contributed by atoms with Gasteiger partial charge in [-0.05, 0) is 67.3 Å². The van der Waals surface area contributed by atoms with E-state index >= 15 is 0 Å². The number of carbonyl (C=O) groups excluding carboxylic acids is 1. The number of rotatable bonds is 11. The fourth-order valence-electron chi connectivity index (χ4n) is 3.71. The topological polar surface area (TPSA) is 113 Å². The van der Waals surface area contributed by atoms with Crippen LogP contribution >= 0.6 is 0 Å². The zero-order valence-corrected chi connectivity index (χ0v) is 22.1. The zero-order valence-electron chi connectivity index (χ0n) is 22.1.